The van der Waals surface area contributed by atoms with Gasteiger partial charge in [-0.2, -0.15) is 5.10 Å². The maximum atomic E-state index is 11.1. The van der Waals surface area contributed by atoms with Crippen molar-refractivity contribution in [2.45, 2.75) is 12.8 Å². The average Bonchev–Trinajstić information content (AvgIpc) is 3.18. The van der Waals surface area contributed by atoms with E-state index in [0.29, 0.717) is 35.4 Å². The lowest BCUT2D eigenvalue weighted by Gasteiger charge is -2.16. The molecular weight excluding hydrogens is 496 g/mol. The Morgan fingerprint density at radius 3 is 2.91 bits per heavy atom. The first-order valence-electron chi connectivity index (χ1n) is 10.0. The zero-order chi connectivity index (χ0) is 22.7. The van der Waals surface area contributed by atoms with Gasteiger partial charge >= 0.3 is 0 Å². The molecule has 1 amide bonds. The van der Waals surface area contributed by atoms with E-state index in [-0.39, 0.29) is 11.8 Å². The van der Waals surface area contributed by atoms with Crippen LogP contribution < -0.4 is 15.4 Å². The monoisotopic (exact) mass is 516 g/mol. The minimum Gasteiger partial charge on any atom is -0.492 e. The Kier molecular flexibility index (Phi) is 6.76. The minimum atomic E-state index is -0.0888. The van der Waals surface area contributed by atoms with Crippen molar-refractivity contribution in [3.05, 3.63) is 51.6 Å². The molecule has 0 spiro atoms. The van der Waals surface area contributed by atoms with Gasteiger partial charge < -0.3 is 15.4 Å². The summed E-state index contributed by atoms with van der Waals surface area (Å²) in [5.41, 5.74) is 2.51. The summed E-state index contributed by atoms with van der Waals surface area (Å²) in [4.78, 5) is 20.1. The number of anilines is 2. The third kappa shape index (κ3) is 5.46. The number of hydrogen-bond donors (Lipinski definition) is 2. The van der Waals surface area contributed by atoms with Crippen molar-refractivity contribution in [1.82, 2.24) is 20.3 Å². The highest BCUT2D eigenvalue weighted by atomic mass is 79.9. The third-order valence-corrected chi connectivity index (χ3v) is 5.61. The fourth-order valence-electron chi connectivity index (χ4n) is 3.41. The van der Waals surface area contributed by atoms with Gasteiger partial charge in [-0.15, -0.1) is 0 Å². The van der Waals surface area contributed by atoms with Gasteiger partial charge in [-0.25, -0.2) is 9.97 Å². The van der Waals surface area contributed by atoms with Gasteiger partial charge in [-0.05, 0) is 29.8 Å². The highest BCUT2D eigenvalue weighted by molar-refractivity contribution is 9.10. The standard InChI is InChI=1S/C22H22BrClN6O2/c1-13(31)25-3-4-32-19-7-14(16-11-27-30(2)12-16)6-18(9-19)28-22-26-10-15-5-17(23)8-20(24)21(15)29-22/h5-11,16H,3-4,12H2,1-2H3,(H,25,31)(H,26,28,29). The van der Waals surface area contributed by atoms with E-state index in [1.165, 1.54) is 6.92 Å². The van der Waals surface area contributed by atoms with Gasteiger partial charge in [0.2, 0.25) is 11.9 Å². The van der Waals surface area contributed by atoms with E-state index in [9.17, 15) is 4.79 Å². The number of hydrazone groups is 1. The number of nitrogens with one attached hydrogen (secondary N) is 2. The summed E-state index contributed by atoms with van der Waals surface area (Å²) in [7, 11) is 1.94. The summed E-state index contributed by atoms with van der Waals surface area (Å²) in [6.45, 7) is 3.05. The fraction of sp³-hybridized carbons (Fsp3) is 0.273. The van der Waals surface area contributed by atoms with Crippen LogP contribution in [0.25, 0.3) is 10.9 Å². The highest BCUT2D eigenvalue weighted by Gasteiger charge is 2.19. The van der Waals surface area contributed by atoms with Crippen molar-refractivity contribution in [1.29, 1.82) is 0 Å². The molecule has 2 aromatic carbocycles. The second-order valence-corrected chi connectivity index (χ2v) is 8.80. The molecule has 0 bridgehead atoms. The maximum absolute atomic E-state index is 11.1. The second-order valence-electron chi connectivity index (χ2n) is 7.48. The molecule has 1 atom stereocenters. The number of benzene rings is 2. The van der Waals surface area contributed by atoms with Gasteiger partial charge in [0.25, 0.3) is 0 Å². The molecule has 4 rings (SSSR count). The molecule has 1 aliphatic rings. The molecule has 1 unspecified atom stereocenters. The van der Waals surface area contributed by atoms with Crippen LogP contribution in [-0.2, 0) is 4.79 Å². The predicted molar refractivity (Wildman–Crippen MR) is 130 cm³/mol. The lowest BCUT2D eigenvalue weighted by Crippen LogP contribution is -2.25. The Morgan fingerprint density at radius 2 is 2.16 bits per heavy atom. The number of halogens is 2. The van der Waals surface area contributed by atoms with Crippen LogP contribution in [0.4, 0.5) is 11.6 Å². The number of nitrogens with zero attached hydrogens (tertiary/aromatic N) is 4. The lowest BCUT2D eigenvalue weighted by molar-refractivity contribution is -0.119. The molecule has 0 aliphatic carbocycles. The van der Waals surface area contributed by atoms with Gasteiger partial charge in [0.05, 0.1) is 17.1 Å². The second kappa shape index (κ2) is 9.70. The van der Waals surface area contributed by atoms with Crippen LogP contribution in [-0.4, -0.2) is 53.8 Å². The molecule has 1 aromatic heterocycles. The molecule has 8 nitrogen and oxygen atoms in total. The Morgan fingerprint density at radius 1 is 1.31 bits per heavy atom. The molecule has 0 saturated carbocycles. The molecule has 3 aromatic rings. The quantitative estimate of drug-likeness (QED) is 0.454. The Hall–Kier alpha value is -2.91. The van der Waals surface area contributed by atoms with E-state index in [2.05, 4.69) is 41.6 Å². The first-order valence-corrected chi connectivity index (χ1v) is 11.2. The van der Waals surface area contributed by atoms with Crippen molar-refractivity contribution >= 4 is 62.2 Å². The summed E-state index contributed by atoms with van der Waals surface area (Å²) in [5.74, 6) is 1.17. The van der Waals surface area contributed by atoms with E-state index in [1.54, 1.807) is 12.3 Å². The number of carbonyl (C=O) groups excluding carboxylic acids is 1. The van der Waals surface area contributed by atoms with Gasteiger partial charge in [-0.1, -0.05) is 27.5 Å². The van der Waals surface area contributed by atoms with Crippen LogP contribution in [0.5, 0.6) is 5.75 Å². The van der Waals surface area contributed by atoms with Crippen LogP contribution in [0.15, 0.2) is 46.1 Å². The predicted octanol–water partition coefficient (Wildman–Crippen LogP) is 4.32. The van der Waals surface area contributed by atoms with Gasteiger partial charge in [-0.3, -0.25) is 9.80 Å². The molecule has 2 N–H and O–H groups in total. The van der Waals surface area contributed by atoms with Crippen LogP contribution >= 0.6 is 27.5 Å². The van der Waals surface area contributed by atoms with Crippen molar-refractivity contribution in [2.24, 2.45) is 5.10 Å². The summed E-state index contributed by atoms with van der Waals surface area (Å²) < 4.78 is 6.76. The Labute approximate surface area is 199 Å². The summed E-state index contributed by atoms with van der Waals surface area (Å²) in [5, 5.41) is 13.6. The maximum Gasteiger partial charge on any atom is 0.227 e. The number of fused-ring (bicyclic) bond motifs is 1. The van der Waals surface area contributed by atoms with Crippen molar-refractivity contribution in [3.8, 4) is 5.75 Å². The Bertz CT molecular complexity index is 1190. The molecular formula is C22H22BrClN6O2. The van der Waals surface area contributed by atoms with E-state index in [1.807, 2.05) is 42.5 Å². The fourth-order valence-corrected chi connectivity index (χ4v) is 4.29. The van der Waals surface area contributed by atoms with Gasteiger partial charge in [0.1, 0.15) is 12.4 Å². The van der Waals surface area contributed by atoms with Crippen molar-refractivity contribution in [2.75, 3.05) is 32.1 Å². The van der Waals surface area contributed by atoms with Gasteiger partial charge in [0.15, 0.2) is 0 Å². The summed E-state index contributed by atoms with van der Waals surface area (Å²) >= 11 is 9.80. The largest absolute Gasteiger partial charge is 0.492 e. The molecule has 166 valence electrons. The lowest BCUT2D eigenvalue weighted by atomic mass is 10.00. The summed E-state index contributed by atoms with van der Waals surface area (Å²) in [6.07, 6.45) is 3.65. The smallest absolute Gasteiger partial charge is 0.227 e. The summed E-state index contributed by atoms with van der Waals surface area (Å²) in [6, 6.07) is 9.63. The minimum absolute atomic E-state index is 0.0888. The first-order chi connectivity index (χ1) is 15.4. The number of carbonyl (C=O) groups is 1. The zero-order valence-corrected chi connectivity index (χ0v) is 19.9. The number of likely N-dealkylation sites (N-methyl/N-ethyl adjacent to an activating group) is 1. The van der Waals surface area contributed by atoms with E-state index >= 15 is 0 Å². The van der Waals surface area contributed by atoms with Crippen LogP contribution in [0, 0.1) is 0 Å². The van der Waals surface area contributed by atoms with Crippen LogP contribution in [0.3, 0.4) is 0 Å². The third-order valence-electron chi connectivity index (χ3n) is 4.86. The number of amides is 1. The molecule has 32 heavy (non-hydrogen) atoms. The van der Waals surface area contributed by atoms with Crippen LogP contribution in [0.1, 0.15) is 18.4 Å². The molecule has 0 saturated heterocycles. The van der Waals surface area contributed by atoms with Crippen molar-refractivity contribution < 1.29 is 9.53 Å². The molecule has 1 aliphatic heterocycles. The van der Waals surface area contributed by atoms with Crippen molar-refractivity contribution in [3.63, 3.8) is 0 Å². The number of aromatic nitrogens is 2. The number of hydrogen-bond acceptors (Lipinski definition) is 7. The Balaban J connectivity index is 1.60. The normalized spacial score (nSPS) is 15.2. The van der Waals surface area contributed by atoms with E-state index in [4.69, 9.17) is 16.3 Å². The van der Waals surface area contributed by atoms with E-state index in [0.717, 1.165) is 27.7 Å². The topological polar surface area (TPSA) is 91.7 Å². The number of rotatable bonds is 7. The molecule has 0 radical (unpaired) electrons. The van der Waals surface area contributed by atoms with E-state index < -0.39 is 0 Å². The SMILES string of the molecule is CC(=O)NCCOc1cc(Nc2ncc3cc(Br)cc(Cl)c3n2)cc(C2C=NN(C)C2)c1. The molecule has 10 heteroatoms. The van der Waals surface area contributed by atoms with Gasteiger partial charge in [0, 0.05) is 60.5 Å². The molecule has 0 fully saturated rings. The highest BCUT2D eigenvalue weighted by Crippen LogP contribution is 2.31. The number of ether oxygens (including phenoxy) is 1. The zero-order valence-electron chi connectivity index (χ0n) is 17.6. The first kappa shape index (κ1) is 22.3. The van der Waals surface area contributed by atoms with Crippen LogP contribution in [0.2, 0.25) is 5.02 Å². The molecule has 2 heterocycles. The average molecular weight is 518 g/mol.